The van der Waals surface area contributed by atoms with Crippen molar-refractivity contribution in [1.82, 2.24) is 15.4 Å². The fraction of sp³-hybridized carbons (Fsp3) is 0.350. The molecule has 0 spiro atoms. The number of nitrogens with one attached hydrogen (secondary N) is 3. The van der Waals surface area contributed by atoms with Gasteiger partial charge in [-0.3, -0.25) is 4.99 Å². The van der Waals surface area contributed by atoms with Crippen molar-refractivity contribution in [3.05, 3.63) is 59.1 Å². The molecule has 0 heterocycles. The molecule has 7 nitrogen and oxygen atoms in total. The molecule has 9 heteroatoms. The van der Waals surface area contributed by atoms with Gasteiger partial charge in [0, 0.05) is 24.7 Å². The zero-order valence-electron chi connectivity index (χ0n) is 16.6. The van der Waals surface area contributed by atoms with Crippen LogP contribution >= 0.6 is 11.6 Å². The largest absolute Gasteiger partial charge is 0.497 e. The summed E-state index contributed by atoms with van der Waals surface area (Å²) in [5.41, 5.74) is 1.01. The van der Waals surface area contributed by atoms with Crippen molar-refractivity contribution in [1.29, 1.82) is 0 Å². The van der Waals surface area contributed by atoms with Gasteiger partial charge in [-0.1, -0.05) is 35.9 Å². The molecular formula is C20H27ClN4O3S. The minimum atomic E-state index is -3.52. The third-order valence-electron chi connectivity index (χ3n) is 4.02. The summed E-state index contributed by atoms with van der Waals surface area (Å²) >= 11 is 6.26. The van der Waals surface area contributed by atoms with E-state index >= 15 is 0 Å². The van der Waals surface area contributed by atoms with Gasteiger partial charge in [-0.2, -0.15) is 0 Å². The van der Waals surface area contributed by atoms with Gasteiger partial charge in [0.15, 0.2) is 5.96 Å². The molecule has 0 atom stereocenters. The van der Waals surface area contributed by atoms with E-state index in [-0.39, 0.29) is 11.4 Å². The van der Waals surface area contributed by atoms with Gasteiger partial charge in [-0.05, 0) is 43.2 Å². The summed E-state index contributed by atoms with van der Waals surface area (Å²) in [7, 11) is -1.92. The molecule has 0 aromatic heterocycles. The normalized spacial score (nSPS) is 11.9. The number of hydrogen-bond acceptors (Lipinski definition) is 4. The zero-order chi connectivity index (χ0) is 21.1. The number of methoxy groups -OCH3 is 1. The number of ether oxygens (including phenoxy) is 1. The second kappa shape index (κ2) is 11.6. The van der Waals surface area contributed by atoms with E-state index in [1.165, 1.54) is 0 Å². The van der Waals surface area contributed by atoms with Gasteiger partial charge in [0.1, 0.15) is 5.75 Å². The molecule has 0 aliphatic heterocycles. The Bertz CT molecular complexity index is 905. The Morgan fingerprint density at radius 3 is 2.52 bits per heavy atom. The van der Waals surface area contributed by atoms with E-state index in [1.54, 1.807) is 43.5 Å². The van der Waals surface area contributed by atoms with Gasteiger partial charge in [0.2, 0.25) is 10.0 Å². The highest BCUT2D eigenvalue weighted by molar-refractivity contribution is 7.89. The van der Waals surface area contributed by atoms with Crippen molar-refractivity contribution in [2.24, 2.45) is 4.99 Å². The Morgan fingerprint density at radius 2 is 1.86 bits per heavy atom. The van der Waals surface area contributed by atoms with Crippen LogP contribution in [-0.2, 0) is 16.4 Å². The minimum absolute atomic E-state index is 0.206. The van der Waals surface area contributed by atoms with Crippen molar-refractivity contribution < 1.29 is 13.2 Å². The lowest BCUT2D eigenvalue weighted by molar-refractivity contribution is 0.414. The Kier molecular flexibility index (Phi) is 9.24. The monoisotopic (exact) mass is 438 g/mol. The number of guanidine groups is 1. The molecule has 2 aromatic rings. The van der Waals surface area contributed by atoms with Gasteiger partial charge in [-0.25, -0.2) is 13.1 Å². The number of aliphatic imine (C=N–C) groups is 1. The average molecular weight is 439 g/mol. The Balaban J connectivity index is 1.83. The first-order valence-corrected chi connectivity index (χ1v) is 11.2. The van der Waals surface area contributed by atoms with Gasteiger partial charge in [-0.15, -0.1) is 0 Å². The second-order valence-electron chi connectivity index (χ2n) is 6.11. The summed E-state index contributed by atoms with van der Waals surface area (Å²) in [5, 5.41) is 7.02. The predicted octanol–water partition coefficient (Wildman–Crippen LogP) is 2.42. The summed E-state index contributed by atoms with van der Waals surface area (Å²) in [6, 6.07) is 13.9. The van der Waals surface area contributed by atoms with Crippen LogP contribution in [0.2, 0.25) is 5.02 Å². The van der Waals surface area contributed by atoms with Crippen molar-refractivity contribution in [3.8, 4) is 5.75 Å². The highest BCUT2D eigenvalue weighted by Gasteiger charge is 2.11. The minimum Gasteiger partial charge on any atom is -0.497 e. The quantitative estimate of drug-likeness (QED) is 0.301. The maximum Gasteiger partial charge on any atom is 0.240 e. The molecule has 2 aromatic carbocycles. The van der Waals surface area contributed by atoms with Gasteiger partial charge in [0.25, 0.3) is 0 Å². The van der Waals surface area contributed by atoms with Crippen LogP contribution in [0.15, 0.2) is 58.4 Å². The van der Waals surface area contributed by atoms with E-state index in [4.69, 9.17) is 16.3 Å². The van der Waals surface area contributed by atoms with Crippen LogP contribution in [0.1, 0.15) is 12.5 Å². The lowest BCUT2D eigenvalue weighted by Gasteiger charge is -2.12. The number of hydrogen-bond donors (Lipinski definition) is 3. The standard InChI is InChI=1S/C20H27ClN4O3S/c1-3-22-20(23-12-11-16-9-10-17(28-2)15-19(16)21)24-13-14-25-29(26,27)18-7-5-4-6-8-18/h4-10,15,25H,3,11-14H2,1-2H3,(H2,22,23,24). The SMILES string of the molecule is CCNC(=NCCNS(=O)(=O)c1ccccc1)NCCc1ccc(OC)cc1Cl. The van der Waals surface area contributed by atoms with E-state index in [0.29, 0.717) is 37.0 Å². The average Bonchev–Trinajstić information content (AvgIpc) is 2.72. The van der Waals surface area contributed by atoms with Crippen molar-refractivity contribution in [2.75, 3.05) is 33.3 Å². The number of rotatable bonds is 10. The maximum atomic E-state index is 12.2. The Morgan fingerprint density at radius 1 is 1.10 bits per heavy atom. The summed E-state index contributed by atoms with van der Waals surface area (Å²) in [6.07, 6.45) is 0.716. The van der Waals surface area contributed by atoms with Gasteiger partial charge < -0.3 is 15.4 Å². The molecule has 2 rings (SSSR count). The van der Waals surface area contributed by atoms with Crippen molar-refractivity contribution in [3.63, 3.8) is 0 Å². The molecule has 3 N–H and O–H groups in total. The first kappa shape index (κ1) is 23.0. The first-order chi connectivity index (χ1) is 14.0. The molecule has 0 unspecified atom stereocenters. The van der Waals surface area contributed by atoms with Crippen molar-refractivity contribution in [2.45, 2.75) is 18.2 Å². The smallest absolute Gasteiger partial charge is 0.240 e. The van der Waals surface area contributed by atoms with E-state index in [9.17, 15) is 8.42 Å². The summed E-state index contributed by atoms with van der Waals surface area (Å²) in [4.78, 5) is 4.65. The van der Waals surface area contributed by atoms with Crippen LogP contribution in [0.3, 0.4) is 0 Å². The molecule has 0 fully saturated rings. The lowest BCUT2D eigenvalue weighted by atomic mass is 10.1. The van der Waals surface area contributed by atoms with Crippen LogP contribution in [0, 0.1) is 0 Å². The third kappa shape index (κ3) is 7.56. The number of nitrogens with zero attached hydrogens (tertiary/aromatic N) is 1. The molecule has 0 saturated carbocycles. The molecule has 158 valence electrons. The molecule has 0 aliphatic carbocycles. The fourth-order valence-electron chi connectivity index (χ4n) is 2.55. The number of halogens is 1. The van der Waals surface area contributed by atoms with Crippen LogP contribution in [0.25, 0.3) is 0 Å². The number of sulfonamides is 1. The maximum absolute atomic E-state index is 12.2. The summed E-state index contributed by atoms with van der Waals surface area (Å²) in [5.74, 6) is 1.34. The summed E-state index contributed by atoms with van der Waals surface area (Å²) in [6.45, 7) is 3.82. The predicted molar refractivity (Wildman–Crippen MR) is 117 cm³/mol. The van der Waals surface area contributed by atoms with Gasteiger partial charge >= 0.3 is 0 Å². The molecule has 0 radical (unpaired) electrons. The molecular weight excluding hydrogens is 412 g/mol. The third-order valence-corrected chi connectivity index (χ3v) is 5.85. The van der Waals surface area contributed by atoms with Crippen molar-refractivity contribution >= 4 is 27.6 Å². The van der Waals surface area contributed by atoms with E-state index in [2.05, 4.69) is 20.3 Å². The molecule has 0 amide bonds. The fourth-order valence-corrected chi connectivity index (χ4v) is 3.85. The number of benzene rings is 2. The highest BCUT2D eigenvalue weighted by Crippen LogP contribution is 2.22. The van der Waals surface area contributed by atoms with Gasteiger partial charge in [0.05, 0.1) is 18.6 Å². The van der Waals surface area contributed by atoms with Crippen LogP contribution in [0.4, 0.5) is 0 Å². The molecule has 0 saturated heterocycles. The van der Waals surface area contributed by atoms with Crippen LogP contribution in [-0.4, -0.2) is 47.7 Å². The first-order valence-electron chi connectivity index (χ1n) is 9.35. The second-order valence-corrected chi connectivity index (χ2v) is 8.28. The lowest BCUT2D eigenvalue weighted by Crippen LogP contribution is -2.39. The topological polar surface area (TPSA) is 91.8 Å². The van der Waals surface area contributed by atoms with Crippen LogP contribution < -0.4 is 20.1 Å². The Labute approximate surface area is 177 Å². The molecule has 0 bridgehead atoms. The highest BCUT2D eigenvalue weighted by atomic mass is 35.5. The van der Waals surface area contributed by atoms with Crippen LogP contribution in [0.5, 0.6) is 5.75 Å². The molecule has 0 aliphatic rings. The van der Waals surface area contributed by atoms with E-state index in [0.717, 1.165) is 11.3 Å². The zero-order valence-corrected chi connectivity index (χ0v) is 18.2. The molecule has 29 heavy (non-hydrogen) atoms. The van der Waals surface area contributed by atoms with E-state index in [1.807, 2.05) is 19.1 Å². The summed E-state index contributed by atoms with van der Waals surface area (Å²) < 4.78 is 32.1. The van der Waals surface area contributed by atoms with E-state index < -0.39 is 10.0 Å². The Hall–Kier alpha value is -2.29.